The monoisotopic (exact) mass is 333 g/mol. The van der Waals surface area contributed by atoms with Crippen molar-refractivity contribution in [3.63, 3.8) is 0 Å². The largest absolute Gasteiger partial charge is 0.439 e. The number of aryl methyl sites for hydroxylation is 1. The molecule has 0 saturated carbocycles. The molecule has 0 amide bonds. The lowest BCUT2D eigenvalue weighted by molar-refractivity contribution is 0.439. The quantitative estimate of drug-likeness (QED) is 0.740. The maximum atomic E-state index is 5.96. The van der Waals surface area contributed by atoms with Crippen LogP contribution < -0.4 is 4.74 Å². The van der Waals surface area contributed by atoms with E-state index in [0.717, 1.165) is 16.6 Å². The average Bonchev–Trinajstić information content (AvgIpc) is 2.40. The fourth-order valence-corrected chi connectivity index (χ4v) is 2.24. The minimum absolute atomic E-state index is 0.0376. The molecule has 0 spiro atoms. The van der Waals surface area contributed by atoms with Gasteiger partial charge in [0, 0.05) is 22.3 Å². The summed E-state index contributed by atoms with van der Waals surface area (Å²) in [6.45, 7) is 8.76. The van der Waals surface area contributed by atoms with Crippen LogP contribution in [0.15, 0.2) is 41.0 Å². The van der Waals surface area contributed by atoms with Gasteiger partial charge >= 0.3 is 0 Å². The zero-order valence-corrected chi connectivity index (χ0v) is 14.0. The second-order valence-electron chi connectivity index (χ2n) is 5.85. The summed E-state index contributed by atoms with van der Waals surface area (Å²) in [5, 5.41) is 0. The van der Waals surface area contributed by atoms with E-state index in [-0.39, 0.29) is 5.41 Å². The van der Waals surface area contributed by atoms with E-state index >= 15 is 0 Å². The minimum atomic E-state index is 0.0376. The molecule has 2 nitrogen and oxygen atoms in total. The summed E-state index contributed by atoms with van der Waals surface area (Å²) in [4.78, 5) is 4.27. The lowest BCUT2D eigenvalue weighted by Gasteiger charge is -2.23. The molecule has 20 heavy (non-hydrogen) atoms. The van der Waals surface area contributed by atoms with Crippen molar-refractivity contribution in [2.45, 2.75) is 39.5 Å². The molecule has 0 N–H and O–H groups in total. The highest BCUT2D eigenvalue weighted by molar-refractivity contribution is 9.10. The van der Waals surface area contributed by atoms with E-state index in [4.69, 9.17) is 4.74 Å². The van der Waals surface area contributed by atoms with Crippen LogP contribution in [-0.4, -0.2) is 4.98 Å². The molecule has 0 saturated heterocycles. The molecule has 3 heteroatoms. The third-order valence-corrected chi connectivity index (χ3v) is 3.64. The Kier molecular flexibility index (Phi) is 4.48. The van der Waals surface area contributed by atoms with Crippen LogP contribution in [0.25, 0.3) is 0 Å². The number of benzene rings is 1. The Labute approximate surface area is 129 Å². The van der Waals surface area contributed by atoms with Crippen LogP contribution in [0.3, 0.4) is 0 Å². The fraction of sp³-hybridized carbons (Fsp3) is 0.353. The summed E-state index contributed by atoms with van der Waals surface area (Å²) in [6.07, 6.45) is 2.77. The highest BCUT2D eigenvalue weighted by Gasteiger charge is 2.20. The highest BCUT2D eigenvalue weighted by atomic mass is 79.9. The molecule has 1 heterocycles. The van der Waals surface area contributed by atoms with E-state index < -0.39 is 0 Å². The Morgan fingerprint density at radius 2 is 1.90 bits per heavy atom. The van der Waals surface area contributed by atoms with Gasteiger partial charge < -0.3 is 4.74 Å². The predicted molar refractivity (Wildman–Crippen MR) is 86.5 cm³/mol. The van der Waals surface area contributed by atoms with Gasteiger partial charge in [0.05, 0.1) is 0 Å². The van der Waals surface area contributed by atoms with Gasteiger partial charge in [-0.1, -0.05) is 39.8 Å². The van der Waals surface area contributed by atoms with Crippen LogP contribution in [0.1, 0.15) is 38.8 Å². The van der Waals surface area contributed by atoms with E-state index in [1.807, 2.05) is 18.2 Å². The van der Waals surface area contributed by atoms with Crippen molar-refractivity contribution in [1.82, 2.24) is 4.98 Å². The smallest absolute Gasteiger partial charge is 0.219 e. The third-order valence-electron chi connectivity index (χ3n) is 3.18. The van der Waals surface area contributed by atoms with Crippen LogP contribution in [-0.2, 0) is 11.8 Å². The Morgan fingerprint density at radius 1 is 1.15 bits per heavy atom. The molecule has 0 unspecified atom stereocenters. The number of rotatable bonds is 3. The standard InChI is InChI=1S/C17H20BrNO/c1-5-12-6-8-15(14(10-12)17(2,3)4)20-16-9-7-13(18)11-19-16/h6-11H,5H2,1-4H3. The normalized spacial score (nSPS) is 11.4. The van der Waals surface area contributed by atoms with Gasteiger partial charge in [-0.3, -0.25) is 0 Å². The third kappa shape index (κ3) is 3.60. The first-order valence-electron chi connectivity index (χ1n) is 6.83. The molecule has 0 bridgehead atoms. The van der Waals surface area contributed by atoms with Crippen molar-refractivity contribution >= 4 is 15.9 Å². The number of aromatic nitrogens is 1. The van der Waals surface area contributed by atoms with Gasteiger partial charge in [-0.05, 0) is 45.5 Å². The van der Waals surface area contributed by atoms with E-state index in [2.05, 4.69) is 60.7 Å². The number of hydrogen-bond acceptors (Lipinski definition) is 2. The molecular weight excluding hydrogens is 314 g/mol. The molecule has 2 rings (SSSR count). The molecule has 1 aromatic heterocycles. The van der Waals surface area contributed by atoms with Gasteiger partial charge in [0.25, 0.3) is 0 Å². The summed E-state index contributed by atoms with van der Waals surface area (Å²) in [7, 11) is 0. The maximum Gasteiger partial charge on any atom is 0.219 e. The van der Waals surface area contributed by atoms with Gasteiger partial charge in [0.2, 0.25) is 5.88 Å². The van der Waals surface area contributed by atoms with Gasteiger partial charge in [-0.25, -0.2) is 4.98 Å². The Hall–Kier alpha value is -1.35. The van der Waals surface area contributed by atoms with E-state index in [1.54, 1.807) is 6.20 Å². The zero-order chi connectivity index (χ0) is 14.8. The summed E-state index contributed by atoms with van der Waals surface area (Å²) < 4.78 is 6.91. The minimum Gasteiger partial charge on any atom is -0.439 e. The van der Waals surface area contributed by atoms with Crippen molar-refractivity contribution in [2.24, 2.45) is 0 Å². The zero-order valence-electron chi connectivity index (χ0n) is 12.4. The number of halogens is 1. The predicted octanol–water partition coefficient (Wildman–Crippen LogP) is 5.50. The number of ether oxygens (including phenoxy) is 1. The molecule has 2 aromatic rings. The molecular formula is C17H20BrNO. The lowest BCUT2D eigenvalue weighted by Crippen LogP contribution is -2.13. The van der Waals surface area contributed by atoms with E-state index in [1.165, 1.54) is 11.1 Å². The van der Waals surface area contributed by atoms with Crippen LogP contribution in [0.4, 0.5) is 0 Å². The van der Waals surface area contributed by atoms with E-state index in [0.29, 0.717) is 5.88 Å². The van der Waals surface area contributed by atoms with Crippen LogP contribution in [0.5, 0.6) is 11.6 Å². The first-order chi connectivity index (χ1) is 9.40. The highest BCUT2D eigenvalue weighted by Crippen LogP contribution is 2.34. The first-order valence-corrected chi connectivity index (χ1v) is 7.62. The first kappa shape index (κ1) is 15.0. The van der Waals surface area contributed by atoms with Gasteiger partial charge in [0.1, 0.15) is 5.75 Å². The fourth-order valence-electron chi connectivity index (χ4n) is 2.01. The molecule has 0 aliphatic heterocycles. The molecule has 0 radical (unpaired) electrons. The van der Waals surface area contributed by atoms with E-state index in [9.17, 15) is 0 Å². The molecule has 0 atom stereocenters. The average molecular weight is 334 g/mol. The number of pyridine rings is 1. The summed E-state index contributed by atoms with van der Waals surface area (Å²) in [5.41, 5.74) is 2.57. The summed E-state index contributed by atoms with van der Waals surface area (Å²) in [5.74, 6) is 1.49. The Balaban J connectivity index is 2.38. The number of nitrogens with zero attached hydrogens (tertiary/aromatic N) is 1. The maximum absolute atomic E-state index is 5.96. The number of hydrogen-bond donors (Lipinski definition) is 0. The van der Waals surface area contributed by atoms with Crippen molar-refractivity contribution in [3.8, 4) is 11.6 Å². The van der Waals surface area contributed by atoms with Crippen molar-refractivity contribution in [1.29, 1.82) is 0 Å². The molecule has 0 fully saturated rings. The van der Waals surface area contributed by atoms with Crippen molar-refractivity contribution < 1.29 is 4.74 Å². The van der Waals surface area contributed by atoms with Crippen LogP contribution >= 0.6 is 15.9 Å². The molecule has 1 aromatic carbocycles. The van der Waals surface area contributed by atoms with Gasteiger partial charge in [-0.15, -0.1) is 0 Å². The van der Waals surface area contributed by atoms with Gasteiger partial charge in [-0.2, -0.15) is 0 Å². The molecule has 106 valence electrons. The van der Waals surface area contributed by atoms with Crippen molar-refractivity contribution in [3.05, 3.63) is 52.1 Å². The van der Waals surface area contributed by atoms with Gasteiger partial charge in [0.15, 0.2) is 0 Å². The molecule has 0 aliphatic rings. The lowest BCUT2D eigenvalue weighted by atomic mass is 9.85. The summed E-state index contributed by atoms with van der Waals surface area (Å²) in [6, 6.07) is 10.2. The Bertz CT molecular complexity index is 585. The summed E-state index contributed by atoms with van der Waals surface area (Å²) >= 11 is 3.38. The SMILES string of the molecule is CCc1ccc(Oc2ccc(Br)cn2)c(C(C)(C)C)c1. The molecule has 0 aliphatic carbocycles. The second kappa shape index (κ2) is 5.96. The Morgan fingerprint density at radius 3 is 2.45 bits per heavy atom. The van der Waals surface area contributed by atoms with Crippen molar-refractivity contribution in [2.75, 3.05) is 0 Å². The van der Waals surface area contributed by atoms with Crippen LogP contribution in [0.2, 0.25) is 0 Å². The van der Waals surface area contributed by atoms with Crippen LogP contribution in [0, 0.1) is 0 Å². The second-order valence-corrected chi connectivity index (χ2v) is 6.77. The topological polar surface area (TPSA) is 22.1 Å².